The van der Waals surface area contributed by atoms with E-state index in [0.29, 0.717) is 17.7 Å². The first-order valence-corrected chi connectivity index (χ1v) is 14.3. The maximum absolute atomic E-state index is 13.2. The van der Waals surface area contributed by atoms with E-state index in [1.54, 1.807) is 23.5 Å². The molecule has 1 saturated heterocycles. The molecule has 1 aliphatic carbocycles. The average molecular weight is 493 g/mol. The summed E-state index contributed by atoms with van der Waals surface area (Å²) < 4.78 is 34.8. The van der Waals surface area contributed by atoms with Crippen LogP contribution >= 0.6 is 11.3 Å². The van der Waals surface area contributed by atoms with Crippen molar-refractivity contribution >= 4 is 26.5 Å². The first kappa shape index (κ1) is 24.4. The molecule has 1 aliphatic heterocycles. The summed E-state index contributed by atoms with van der Waals surface area (Å²) >= 11 is 1.59. The van der Waals surface area contributed by atoms with E-state index in [4.69, 9.17) is 9.72 Å². The first-order chi connectivity index (χ1) is 15.9. The van der Waals surface area contributed by atoms with Crippen LogP contribution in [0.4, 0.5) is 5.13 Å². The summed E-state index contributed by atoms with van der Waals surface area (Å²) in [6.45, 7) is 5.86. The molecular formula is C24H36N4O3S2. The molecule has 0 unspecified atom stereocenters. The third-order valence-electron chi connectivity index (χ3n) is 6.88. The zero-order valence-corrected chi connectivity index (χ0v) is 21.4. The summed E-state index contributed by atoms with van der Waals surface area (Å²) in [5.41, 5.74) is 1.74. The highest BCUT2D eigenvalue weighted by Crippen LogP contribution is 2.37. The zero-order chi connectivity index (χ0) is 23.4. The molecule has 7 nitrogen and oxygen atoms in total. The van der Waals surface area contributed by atoms with Crippen LogP contribution in [0.5, 0.6) is 5.75 Å². The molecule has 1 aromatic carbocycles. The van der Waals surface area contributed by atoms with Crippen molar-refractivity contribution in [2.24, 2.45) is 5.92 Å². The van der Waals surface area contributed by atoms with Gasteiger partial charge in [-0.25, -0.2) is 18.1 Å². The van der Waals surface area contributed by atoms with Gasteiger partial charge in [0.2, 0.25) is 10.0 Å². The van der Waals surface area contributed by atoms with Crippen LogP contribution in [0.3, 0.4) is 0 Å². The van der Waals surface area contributed by atoms with Gasteiger partial charge in [0.25, 0.3) is 0 Å². The monoisotopic (exact) mass is 492 g/mol. The van der Waals surface area contributed by atoms with Gasteiger partial charge >= 0.3 is 0 Å². The highest BCUT2D eigenvalue weighted by atomic mass is 32.2. The largest absolute Gasteiger partial charge is 0.495 e. The van der Waals surface area contributed by atoms with Crippen molar-refractivity contribution in [1.29, 1.82) is 0 Å². The molecular weight excluding hydrogens is 456 g/mol. The Morgan fingerprint density at radius 2 is 1.88 bits per heavy atom. The van der Waals surface area contributed by atoms with E-state index in [1.165, 1.54) is 39.2 Å². The molecule has 2 heterocycles. The minimum absolute atomic E-state index is 0.0631. The molecule has 3 N–H and O–H groups in total. The molecule has 0 amide bonds. The van der Waals surface area contributed by atoms with Crippen molar-refractivity contribution in [1.82, 2.24) is 15.0 Å². The molecule has 9 heteroatoms. The number of anilines is 1. The van der Waals surface area contributed by atoms with Crippen LogP contribution in [0.2, 0.25) is 0 Å². The fourth-order valence-electron chi connectivity index (χ4n) is 4.92. The Labute approximate surface area is 201 Å². The number of nitrogens with zero attached hydrogens (tertiary/aromatic N) is 1. The molecule has 0 radical (unpaired) electrons. The van der Waals surface area contributed by atoms with Crippen molar-refractivity contribution in [3.8, 4) is 16.2 Å². The lowest BCUT2D eigenvalue weighted by molar-refractivity contribution is 0.328. The lowest BCUT2D eigenvalue weighted by Gasteiger charge is -2.28. The van der Waals surface area contributed by atoms with E-state index in [2.05, 4.69) is 22.3 Å². The molecule has 2 fully saturated rings. The summed E-state index contributed by atoms with van der Waals surface area (Å²) in [5.74, 6) is 1.04. The van der Waals surface area contributed by atoms with Gasteiger partial charge in [-0.05, 0) is 82.3 Å². The molecule has 33 heavy (non-hydrogen) atoms. The molecule has 0 bridgehead atoms. The quantitative estimate of drug-likeness (QED) is 0.501. The van der Waals surface area contributed by atoms with Crippen LogP contribution in [0.15, 0.2) is 23.1 Å². The number of hydrogen-bond donors (Lipinski definition) is 3. The Balaban J connectivity index is 1.56. The number of ether oxygens (including phenoxy) is 1. The number of aryl methyl sites for hydroxylation is 1. The van der Waals surface area contributed by atoms with Gasteiger partial charge in [-0.3, -0.25) is 0 Å². The zero-order valence-electron chi connectivity index (χ0n) is 19.8. The number of aromatic nitrogens is 1. The second-order valence-electron chi connectivity index (χ2n) is 9.28. The SMILES string of the molecule is COc1ccc(-c2sc(N[C@H](C)C3CCCCC3)nc2C)cc1S(=O)(=O)NC1CCNCC1. The van der Waals surface area contributed by atoms with E-state index in [0.717, 1.165) is 47.2 Å². The minimum atomic E-state index is -3.71. The summed E-state index contributed by atoms with van der Waals surface area (Å²) in [6, 6.07) is 5.69. The van der Waals surface area contributed by atoms with E-state index < -0.39 is 10.0 Å². The fraction of sp³-hybridized carbons (Fsp3) is 0.625. The molecule has 0 spiro atoms. The molecule has 182 valence electrons. The summed E-state index contributed by atoms with van der Waals surface area (Å²) in [5, 5.41) is 7.77. The Bertz CT molecular complexity index is 1040. The van der Waals surface area contributed by atoms with Crippen molar-refractivity contribution in [3.63, 3.8) is 0 Å². The summed E-state index contributed by atoms with van der Waals surface area (Å²) in [4.78, 5) is 5.91. The second-order valence-corrected chi connectivity index (χ2v) is 12.0. The summed E-state index contributed by atoms with van der Waals surface area (Å²) in [7, 11) is -2.20. The van der Waals surface area contributed by atoms with E-state index >= 15 is 0 Å². The Kier molecular flexibility index (Phi) is 7.94. The van der Waals surface area contributed by atoms with Gasteiger partial charge in [-0.2, -0.15) is 0 Å². The van der Waals surface area contributed by atoms with Gasteiger partial charge in [-0.1, -0.05) is 30.6 Å². The Hall–Kier alpha value is -1.68. The number of piperidine rings is 1. The van der Waals surface area contributed by atoms with Gasteiger partial charge in [-0.15, -0.1) is 0 Å². The molecule has 1 saturated carbocycles. The maximum atomic E-state index is 13.2. The average Bonchev–Trinajstić information content (AvgIpc) is 3.19. The standard InChI is InChI=1S/C24H36N4O3S2/c1-16(18-7-5-4-6-8-18)26-24-27-17(2)23(32-24)19-9-10-21(31-3)22(15-19)33(29,30)28-20-11-13-25-14-12-20/h9-10,15-16,18,20,25,28H,4-8,11-14H2,1-3H3,(H,26,27)/t16-/m1/s1. The highest BCUT2D eigenvalue weighted by molar-refractivity contribution is 7.89. The Morgan fingerprint density at radius 1 is 1.15 bits per heavy atom. The molecule has 2 aliphatic rings. The third-order valence-corrected chi connectivity index (χ3v) is 9.56. The number of sulfonamides is 1. The molecule has 1 aromatic heterocycles. The lowest BCUT2D eigenvalue weighted by atomic mass is 9.85. The normalized spacial score (nSPS) is 19.4. The van der Waals surface area contributed by atoms with E-state index in [9.17, 15) is 8.42 Å². The van der Waals surface area contributed by atoms with Crippen LogP contribution in [-0.2, 0) is 10.0 Å². The topological polar surface area (TPSA) is 92.3 Å². The van der Waals surface area contributed by atoms with Gasteiger partial charge in [0.15, 0.2) is 5.13 Å². The maximum Gasteiger partial charge on any atom is 0.244 e. The highest BCUT2D eigenvalue weighted by Gasteiger charge is 2.26. The number of methoxy groups -OCH3 is 1. The van der Waals surface area contributed by atoms with Gasteiger partial charge in [0.1, 0.15) is 10.6 Å². The van der Waals surface area contributed by atoms with Crippen LogP contribution in [0.1, 0.15) is 57.6 Å². The third kappa shape index (κ3) is 5.88. The fourth-order valence-corrected chi connectivity index (χ4v) is 7.48. The number of hydrogen-bond acceptors (Lipinski definition) is 7. The molecule has 4 rings (SSSR count). The van der Waals surface area contributed by atoms with Crippen molar-refractivity contribution in [2.45, 2.75) is 75.8 Å². The number of benzene rings is 1. The van der Waals surface area contributed by atoms with Crippen molar-refractivity contribution in [3.05, 3.63) is 23.9 Å². The van der Waals surface area contributed by atoms with Crippen LogP contribution in [-0.4, -0.2) is 45.7 Å². The first-order valence-electron chi connectivity index (χ1n) is 12.0. The molecule has 2 aromatic rings. The van der Waals surface area contributed by atoms with Gasteiger partial charge in [0, 0.05) is 12.1 Å². The van der Waals surface area contributed by atoms with E-state index in [-0.39, 0.29) is 10.9 Å². The number of rotatable bonds is 8. The van der Waals surface area contributed by atoms with Gasteiger partial charge in [0.05, 0.1) is 17.7 Å². The van der Waals surface area contributed by atoms with E-state index in [1.807, 2.05) is 13.0 Å². The van der Waals surface area contributed by atoms with Crippen LogP contribution in [0, 0.1) is 12.8 Å². The smallest absolute Gasteiger partial charge is 0.244 e. The van der Waals surface area contributed by atoms with Crippen LogP contribution < -0.4 is 20.1 Å². The Morgan fingerprint density at radius 3 is 2.58 bits per heavy atom. The lowest BCUT2D eigenvalue weighted by Crippen LogP contribution is -2.42. The van der Waals surface area contributed by atoms with Crippen molar-refractivity contribution in [2.75, 3.05) is 25.5 Å². The minimum Gasteiger partial charge on any atom is -0.495 e. The van der Waals surface area contributed by atoms with Crippen LogP contribution in [0.25, 0.3) is 10.4 Å². The number of thiazole rings is 1. The van der Waals surface area contributed by atoms with Gasteiger partial charge < -0.3 is 15.4 Å². The number of nitrogens with one attached hydrogen (secondary N) is 3. The molecule has 1 atom stereocenters. The predicted molar refractivity (Wildman–Crippen MR) is 135 cm³/mol. The second kappa shape index (κ2) is 10.7. The predicted octanol–water partition coefficient (Wildman–Crippen LogP) is 4.54. The van der Waals surface area contributed by atoms with Crippen molar-refractivity contribution < 1.29 is 13.2 Å². The summed E-state index contributed by atoms with van der Waals surface area (Å²) in [6.07, 6.45) is 8.08.